The molecule has 0 bridgehead atoms. The van der Waals surface area contributed by atoms with E-state index in [1.807, 2.05) is 0 Å². The molecule has 1 aromatic heterocycles. The number of hydrogen-bond donors (Lipinski definition) is 1. The van der Waals surface area contributed by atoms with E-state index in [1.165, 1.54) is 18.5 Å². The predicted molar refractivity (Wildman–Crippen MR) is 93.7 cm³/mol. The lowest BCUT2D eigenvalue weighted by molar-refractivity contribution is -0.384. The maximum Gasteiger partial charge on any atom is 0.348 e. The van der Waals surface area contributed by atoms with Crippen molar-refractivity contribution in [2.75, 3.05) is 23.3 Å². The molecule has 1 saturated heterocycles. The number of carbonyl (C=O) groups excluding carboxylic acids is 1. The number of rotatable bonds is 4. The van der Waals surface area contributed by atoms with E-state index in [4.69, 9.17) is 11.6 Å². The standard InChI is InChI=1S/C16H15ClFN5O3/c17-14-13(23(25)26)15(20-9-19-14)22-7-5-10(6-8-22)16(24)21-12-4-2-1-3-11(12)18/h1-4,9-10H,5-8H2,(H,21,24). The van der Waals surface area contributed by atoms with E-state index in [0.29, 0.717) is 25.9 Å². The summed E-state index contributed by atoms with van der Waals surface area (Å²) in [5, 5.41) is 13.6. The minimum absolute atomic E-state index is 0.137. The lowest BCUT2D eigenvalue weighted by Gasteiger charge is -2.31. The third-order valence-electron chi connectivity index (χ3n) is 4.24. The van der Waals surface area contributed by atoms with Crippen molar-refractivity contribution in [1.29, 1.82) is 0 Å². The van der Waals surface area contributed by atoms with E-state index in [0.717, 1.165) is 0 Å². The third-order valence-corrected chi connectivity index (χ3v) is 4.51. The van der Waals surface area contributed by atoms with Gasteiger partial charge in [0, 0.05) is 19.0 Å². The van der Waals surface area contributed by atoms with E-state index < -0.39 is 10.7 Å². The van der Waals surface area contributed by atoms with Crippen molar-refractivity contribution in [3.63, 3.8) is 0 Å². The maximum absolute atomic E-state index is 13.6. The minimum atomic E-state index is -0.616. The first-order chi connectivity index (χ1) is 12.5. The van der Waals surface area contributed by atoms with Gasteiger partial charge in [-0.25, -0.2) is 14.4 Å². The molecule has 1 aliphatic heterocycles. The Balaban J connectivity index is 1.67. The Morgan fingerprint density at radius 3 is 2.65 bits per heavy atom. The number of piperidine rings is 1. The molecule has 1 aliphatic rings. The van der Waals surface area contributed by atoms with Crippen LogP contribution in [0.15, 0.2) is 30.6 Å². The van der Waals surface area contributed by atoms with Crippen molar-refractivity contribution >= 4 is 34.7 Å². The fourth-order valence-electron chi connectivity index (χ4n) is 2.89. The first-order valence-electron chi connectivity index (χ1n) is 7.92. The maximum atomic E-state index is 13.6. The summed E-state index contributed by atoms with van der Waals surface area (Å²) >= 11 is 5.81. The number of nitrogens with zero attached hydrogens (tertiary/aromatic N) is 4. The number of nitrogens with one attached hydrogen (secondary N) is 1. The molecule has 2 aromatic rings. The van der Waals surface area contributed by atoms with Crippen LogP contribution in [0.4, 0.5) is 21.6 Å². The number of halogens is 2. The Morgan fingerprint density at radius 1 is 1.31 bits per heavy atom. The molecular formula is C16H15ClFN5O3. The van der Waals surface area contributed by atoms with Gasteiger partial charge in [-0.05, 0) is 25.0 Å². The van der Waals surface area contributed by atoms with Gasteiger partial charge in [-0.3, -0.25) is 14.9 Å². The van der Waals surface area contributed by atoms with Crippen LogP contribution in [0.2, 0.25) is 5.15 Å². The van der Waals surface area contributed by atoms with Gasteiger partial charge in [0.15, 0.2) is 0 Å². The summed E-state index contributed by atoms with van der Waals surface area (Å²) in [4.78, 5) is 32.3. The Kier molecular flexibility index (Phi) is 5.27. The highest BCUT2D eigenvalue weighted by atomic mass is 35.5. The second-order valence-electron chi connectivity index (χ2n) is 5.82. The van der Waals surface area contributed by atoms with Crippen LogP contribution in [0.3, 0.4) is 0 Å². The number of hydrogen-bond acceptors (Lipinski definition) is 6. The van der Waals surface area contributed by atoms with Crippen molar-refractivity contribution in [3.8, 4) is 0 Å². The average molecular weight is 380 g/mol. The zero-order valence-electron chi connectivity index (χ0n) is 13.6. The Hall–Kier alpha value is -2.81. The number of carbonyl (C=O) groups is 1. The van der Waals surface area contributed by atoms with Crippen LogP contribution in [0.5, 0.6) is 0 Å². The molecule has 0 atom stereocenters. The van der Waals surface area contributed by atoms with Crippen molar-refractivity contribution in [1.82, 2.24) is 9.97 Å². The van der Waals surface area contributed by atoms with Gasteiger partial charge >= 0.3 is 5.69 Å². The molecule has 2 heterocycles. The lowest BCUT2D eigenvalue weighted by Crippen LogP contribution is -2.39. The molecule has 10 heteroatoms. The van der Waals surface area contributed by atoms with Gasteiger partial charge in [0.1, 0.15) is 12.1 Å². The second-order valence-corrected chi connectivity index (χ2v) is 6.18. The van der Waals surface area contributed by atoms with Gasteiger partial charge in [-0.15, -0.1) is 0 Å². The molecular weight excluding hydrogens is 365 g/mol. The van der Waals surface area contributed by atoms with Crippen LogP contribution in [-0.4, -0.2) is 33.9 Å². The van der Waals surface area contributed by atoms with E-state index in [2.05, 4.69) is 15.3 Å². The molecule has 1 fully saturated rings. The first kappa shape index (κ1) is 18.0. The highest BCUT2D eigenvalue weighted by Crippen LogP contribution is 2.33. The number of amides is 1. The molecule has 1 amide bonds. The van der Waals surface area contributed by atoms with E-state index in [-0.39, 0.29) is 34.2 Å². The highest BCUT2D eigenvalue weighted by Gasteiger charge is 2.31. The second kappa shape index (κ2) is 7.61. The van der Waals surface area contributed by atoms with Crippen molar-refractivity contribution in [2.45, 2.75) is 12.8 Å². The number of para-hydroxylation sites is 1. The minimum Gasteiger partial charge on any atom is -0.351 e. The number of anilines is 2. The van der Waals surface area contributed by atoms with E-state index >= 15 is 0 Å². The summed E-state index contributed by atoms with van der Waals surface area (Å²) in [5.74, 6) is -0.945. The summed E-state index contributed by atoms with van der Waals surface area (Å²) in [6, 6.07) is 5.95. The molecule has 0 spiro atoms. The number of nitro groups is 1. The molecule has 1 aromatic carbocycles. The van der Waals surface area contributed by atoms with Gasteiger partial charge < -0.3 is 10.2 Å². The molecule has 3 rings (SSSR count). The Labute approximate surface area is 153 Å². The van der Waals surface area contributed by atoms with Crippen LogP contribution < -0.4 is 10.2 Å². The smallest absolute Gasteiger partial charge is 0.348 e. The summed E-state index contributed by atoms with van der Waals surface area (Å²) in [7, 11) is 0. The average Bonchev–Trinajstić information content (AvgIpc) is 2.63. The van der Waals surface area contributed by atoms with Crippen molar-refractivity contribution in [2.24, 2.45) is 5.92 Å². The van der Waals surface area contributed by atoms with Gasteiger partial charge in [-0.1, -0.05) is 23.7 Å². The topological polar surface area (TPSA) is 101 Å². The van der Waals surface area contributed by atoms with Crippen LogP contribution in [0, 0.1) is 21.8 Å². The quantitative estimate of drug-likeness (QED) is 0.497. The van der Waals surface area contributed by atoms with E-state index in [1.54, 1.807) is 17.0 Å². The summed E-state index contributed by atoms with van der Waals surface area (Å²) < 4.78 is 13.6. The molecule has 136 valence electrons. The summed E-state index contributed by atoms with van der Waals surface area (Å²) in [5.41, 5.74) is -0.207. The lowest BCUT2D eigenvalue weighted by atomic mass is 9.95. The Bertz CT molecular complexity index is 842. The van der Waals surface area contributed by atoms with Crippen molar-refractivity contribution < 1.29 is 14.1 Å². The van der Waals surface area contributed by atoms with Gasteiger partial charge in [0.25, 0.3) is 0 Å². The molecule has 0 unspecified atom stereocenters. The third kappa shape index (κ3) is 3.72. The largest absolute Gasteiger partial charge is 0.351 e. The van der Waals surface area contributed by atoms with Crippen LogP contribution in [0.1, 0.15) is 12.8 Å². The van der Waals surface area contributed by atoms with Crippen LogP contribution in [-0.2, 0) is 4.79 Å². The van der Waals surface area contributed by atoms with Gasteiger partial charge in [0.05, 0.1) is 10.6 Å². The van der Waals surface area contributed by atoms with E-state index in [9.17, 15) is 19.3 Å². The fourth-order valence-corrected chi connectivity index (χ4v) is 3.09. The summed E-state index contributed by atoms with van der Waals surface area (Å²) in [6.07, 6.45) is 2.08. The predicted octanol–water partition coefficient (Wildman–Crippen LogP) is 3.03. The monoisotopic (exact) mass is 379 g/mol. The molecule has 0 aliphatic carbocycles. The van der Waals surface area contributed by atoms with Crippen molar-refractivity contribution in [3.05, 3.63) is 51.7 Å². The van der Waals surface area contributed by atoms with Crippen LogP contribution >= 0.6 is 11.6 Å². The normalized spacial score (nSPS) is 14.9. The molecule has 8 nitrogen and oxygen atoms in total. The highest BCUT2D eigenvalue weighted by molar-refractivity contribution is 6.31. The van der Waals surface area contributed by atoms with Crippen LogP contribution in [0.25, 0.3) is 0 Å². The molecule has 0 saturated carbocycles. The zero-order chi connectivity index (χ0) is 18.7. The number of aromatic nitrogens is 2. The number of benzene rings is 1. The SMILES string of the molecule is O=C(Nc1ccccc1F)C1CCN(c2ncnc(Cl)c2[N+](=O)[O-])CC1. The molecule has 26 heavy (non-hydrogen) atoms. The fraction of sp³-hybridized carbons (Fsp3) is 0.312. The summed E-state index contributed by atoms with van der Waals surface area (Å²) in [6.45, 7) is 0.785. The molecule has 1 N–H and O–H groups in total. The zero-order valence-corrected chi connectivity index (χ0v) is 14.3. The Morgan fingerprint density at radius 2 is 2.00 bits per heavy atom. The van der Waals surface area contributed by atoms with Gasteiger partial charge in [0.2, 0.25) is 16.9 Å². The molecule has 0 radical (unpaired) electrons. The first-order valence-corrected chi connectivity index (χ1v) is 8.30. The van der Waals surface area contributed by atoms with Gasteiger partial charge in [-0.2, -0.15) is 0 Å².